The molecule has 1 aliphatic rings. The number of nitrogens with zero attached hydrogens (tertiary/aromatic N) is 2. The van der Waals surface area contributed by atoms with Crippen LogP contribution in [-0.4, -0.2) is 46.0 Å². The Balaban J connectivity index is 1.92. The van der Waals surface area contributed by atoms with Gasteiger partial charge in [0.25, 0.3) is 5.91 Å². The second kappa shape index (κ2) is 4.38. The van der Waals surface area contributed by atoms with E-state index < -0.39 is 6.04 Å². The molecule has 0 radical (unpaired) electrons. The number of benzene rings is 1. The maximum atomic E-state index is 12.4. The number of aromatic nitrogens is 2. The van der Waals surface area contributed by atoms with Gasteiger partial charge in [-0.1, -0.05) is 0 Å². The normalized spacial score (nSPS) is 19.5. The highest BCUT2D eigenvalue weighted by molar-refractivity contribution is 6.00. The van der Waals surface area contributed by atoms with Crippen molar-refractivity contribution in [3.63, 3.8) is 0 Å². The number of H-pyrrole nitrogens is 1. The van der Waals surface area contributed by atoms with E-state index in [1.54, 1.807) is 30.2 Å². The van der Waals surface area contributed by atoms with E-state index in [-0.39, 0.29) is 11.8 Å². The molecule has 0 spiro atoms. The molecular weight excluding hydrogens is 244 g/mol. The van der Waals surface area contributed by atoms with Gasteiger partial charge >= 0.3 is 0 Å². The Bertz CT molecular complexity index is 649. The first kappa shape index (κ1) is 11.7. The molecule has 2 N–H and O–H groups in total. The lowest BCUT2D eigenvalue weighted by atomic mass is 10.1. The Morgan fingerprint density at radius 2 is 2.32 bits per heavy atom. The number of carbonyl (C=O) groups excluding carboxylic acids is 2. The average molecular weight is 258 g/mol. The van der Waals surface area contributed by atoms with Gasteiger partial charge < -0.3 is 10.2 Å². The molecular formula is C13H14N4O2. The van der Waals surface area contributed by atoms with Crippen LogP contribution in [0, 0.1) is 0 Å². The molecule has 1 fully saturated rings. The zero-order valence-electron chi connectivity index (χ0n) is 10.5. The summed E-state index contributed by atoms with van der Waals surface area (Å²) in [7, 11) is 0. The number of aromatic amines is 1. The third-order valence-corrected chi connectivity index (χ3v) is 3.45. The summed E-state index contributed by atoms with van der Waals surface area (Å²) in [4.78, 5) is 25.6. The molecule has 1 aliphatic heterocycles. The van der Waals surface area contributed by atoms with Gasteiger partial charge in [0, 0.05) is 24.0 Å². The lowest BCUT2D eigenvalue weighted by molar-refractivity contribution is -0.127. The minimum atomic E-state index is -0.429. The van der Waals surface area contributed by atoms with Crippen LogP contribution in [0.25, 0.3) is 10.9 Å². The third kappa shape index (κ3) is 1.95. The summed E-state index contributed by atoms with van der Waals surface area (Å²) < 4.78 is 0. The quantitative estimate of drug-likeness (QED) is 0.783. The summed E-state index contributed by atoms with van der Waals surface area (Å²) in [6.07, 6.45) is 1.68. The first-order valence-corrected chi connectivity index (χ1v) is 6.18. The van der Waals surface area contributed by atoms with Gasteiger partial charge in [-0.15, -0.1) is 0 Å². The molecule has 98 valence electrons. The molecule has 19 heavy (non-hydrogen) atoms. The number of carbonyl (C=O) groups is 2. The van der Waals surface area contributed by atoms with Crippen molar-refractivity contribution < 1.29 is 9.59 Å². The van der Waals surface area contributed by atoms with Gasteiger partial charge in [-0.05, 0) is 25.1 Å². The van der Waals surface area contributed by atoms with Crippen molar-refractivity contribution in [1.29, 1.82) is 0 Å². The van der Waals surface area contributed by atoms with Gasteiger partial charge in [0.1, 0.15) is 6.04 Å². The van der Waals surface area contributed by atoms with E-state index >= 15 is 0 Å². The Labute approximate surface area is 109 Å². The number of piperazine rings is 1. The summed E-state index contributed by atoms with van der Waals surface area (Å²) in [6.45, 7) is 2.78. The molecule has 1 unspecified atom stereocenters. The number of hydrogen-bond donors (Lipinski definition) is 2. The fraction of sp³-hybridized carbons (Fsp3) is 0.308. The van der Waals surface area contributed by atoms with Crippen LogP contribution in [0.5, 0.6) is 0 Å². The molecule has 1 aromatic heterocycles. The molecule has 1 atom stereocenters. The van der Waals surface area contributed by atoms with E-state index in [9.17, 15) is 9.59 Å². The maximum absolute atomic E-state index is 12.4. The highest BCUT2D eigenvalue weighted by atomic mass is 16.2. The Kier molecular flexibility index (Phi) is 2.70. The molecule has 6 heteroatoms. The molecule has 0 aliphatic carbocycles. The predicted octanol–water partition coefficient (Wildman–Crippen LogP) is 0.523. The maximum Gasteiger partial charge on any atom is 0.254 e. The Hall–Kier alpha value is -2.37. The van der Waals surface area contributed by atoms with Crippen LogP contribution in [0.4, 0.5) is 0 Å². The second-order valence-corrected chi connectivity index (χ2v) is 4.64. The van der Waals surface area contributed by atoms with Crippen molar-refractivity contribution >= 4 is 22.7 Å². The zero-order chi connectivity index (χ0) is 13.4. The van der Waals surface area contributed by atoms with E-state index in [2.05, 4.69) is 15.5 Å². The molecule has 0 saturated carbocycles. The van der Waals surface area contributed by atoms with Crippen molar-refractivity contribution in [1.82, 2.24) is 20.4 Å². The molecule has 1 saturated heterocycles. The van der Waals surface area contributed by atoms with Crippen LogP contribution in [-0.2, 0) is 4.79 Å². The van der Waals surface area contributed by atoms with E-state index in [1.165, 1.54) is 0 Å². The first-order chi connectivity index (χ1) is 9.16. The van der Waals surface area contributed by atoms with Gasteiger partial charge in [-0.3, -0.25) is 14.7 Å². The van der Waals surface area contributed by atoms with Gasteiger partial charge in [-0.25, -0.2) is 0 Å². The standard InChI is InChI=1S/C13H14N4O2/c1-8-12(18)14-4-5-17(8)13(19)9-2-3-11-10(6-9)7-15-16-11/h2-3,6-8H,4-5H2,1H3,(H,14,18)(H,15,16). The lowest BCUT2D eigenvalue weighted by Crippen LogP contribution is -2.55. The van der Waals surface area contributed by atoms with Crippen molar-refractivity contribution in [2.75, 3.05) is 13.1 Å². The van der Waals surface area contributed by atoms with E-state index in [0.717, 1.165) is 10.9 Å². The summed E-state index contributed by atoms with van der Waals surface area (Å²) in [5.74, 6) is -0.227. The van der Waals surface area contributed by atoms with E-state index in [0.29, 0.717) is 18.7 Å². The number of fused-ring (bicyclic) bond motifs is 1. The van der Waals surface area contributed by atoms with Crippen molar-refractivity contribution in [3.8, 4) is 0 Å². The van der Waals surface area contributed by atoms with E-state index in [1.807, 2.05) is 6.07 Å². The molecule has 1 aromatic carbocycles. The first-order valence-electron chi connectivity index (χ1n) is 6.18. The van der Waals surface area contributed by atoms with Crippen molar-refractivity contribution in [2.45, 2.75) is 13.0 Å². The molecule has 2 heterocycles. The summed E-state index contributed by atoms with van der Waals surface area (Å²) in [6, 6.07) is 4.94. The Morgan fingerprint density at radius 1 is 1.47 bits per heavy atom. The largest absolute Gasteiger partial charge is 0.353 e. The SMILES string of the molecule is CC1C(=O)NCCN1C(=O)c1ccc2[nH]ncc2c1. The average Bonchev–Trinajstić information content (AvgIpc) is 2.88. The van der Waals surface area contributed by atoms with Gasteiger partial charge in [-0.2, -0.15) is 5.10 Å². The monoisotopic (exact) mass is 258 g/mol. The highest BCUT2D eigenvalue weighted by Gasteiger charge is 2.29. The van der Waals surface area contributed by atoms with Crippen LogP contribution in [0.3, 0.4) is 0 Å². The zero-order valence-corrected chi connectivity index (χ0v) is 10.5. The molecule has 3 rings (SSSR count). The lowest BCUT2D eigenvalue weighted by Gasteiger charge is -2.32. The predicted molar refractivity (Wildman–Crippen MR) is 69.6 cm³/mol. The molecule has 2 amide bonds. The molecule has 0 bridgehead atoms. The van der Waals surface area contributed by atoms with Crippen LogP contribution in [0.15, 0.2) is 24.4 Å². The number of hydrogen-bond acceptors (Lipinski definition) is 3. The second-order valence-electron chi connectivity index (χ2n) is 4.64. The molecule has 6 nitrogen and oxygen atoms in total. The van der Waals surface area contributed by atoms with Crippen LogP contribution in [0.1, 0.15) is 17.3 Å². The summed E-state index contributed by atoms with van der Waals surface area (Å²) in [5.41, 5.74) is 1.47. The van der Waals surface area contributed by atoms with Crippen molar-refractivity contribution in [3.05, 3.63) is 30.0 Å². The number of nitrogens with one attached hydrogen (secondary N) is 2. The Morgan fingerprint density at radius 3 is 3.16 bits per heavy atom. The van der Waals surface area contributed by atoms with Gasteiger partial charge in [0.05, 0.1) is 11.7 Å². The van der Waals surface area contributed by atoms with Gasteiger partial charge in [0.15, 0.2) is 0 Å². The smallest absolute Gasteiger partial charge is 0.254 e. The van der Waals surface area contributed by atoms with E-state index in [4.69, 9.17) is 0 Å². The number of amides is 2. The number of rotatable bonds is 1. The summed E-state index contributed by atoms with van der Waals surface area (Å²) in [5, 5.41) is 10.4. The highest BCUT2D eigenvalue weighted by Crippen LogP contribution is 2.16. The topological polar surface area (TPSA) is 78.1 Å². The fourth-order valence-corrected chi connectivity index (χ4v) is 2.30. The summed E-state index contributed by atoms with van der Waals surface area (Å²) >= 11 is 0. The van der Waals surface area contributed by atoms with Crippen LogP contribution >= 0.6 is 0 Å². The van der Waals surface area contributed by atoms with Crippen LogP contribution < -0.4 is 5.32 Å². The van der Waals surface area contributed by atoms with Crippen LogP contribution in [0.2, 0.25) is 0 Å². The molecule has 2 aromatic rings. The third-order valence-electron chi connectivity index (χ3n) is 3.45. The minimum absolute atomic E-state index is 0.107. The minimum Gasteiger partial charge on any atom is -0.353 e. The van der Waals surface area contributed by atoms with Crippen molar-refractivity contribution in [2.24, 2.45) is 0 Å². The fourth-order valence-electron chi connectivity index (χ4n) is 2.30. The van der Waals surface area contributed by atoms with Gasteiger partial charge in [0.2, 0.25) is 5.91 Å².